The number of piperazine rings is 1. The van der Waals surface area contributed by atoms with Crippen molar-refractivity contribution in [1.29, 1.82) is 0 Å². The molecule has 2 aliphatic heterocycles. The smallest absolute Gasteiger partial charge is 0.228 e. The summed E-state index contributed by atoms with van der Waals surface area (Å²) in [5, 5.41) is 2.87. The highest BCUT2D eigenvalue weighted by Crippen LogP contribution is 2.18. The van der Waals surface area contributed by atoms with E-state index in [1.54, 1.807) is 11.3 Å². The van der Waals surface area contributed by atoms with Gasteiger partial charge in [0.2, 0.25) is 5.91 Å². The Kier molecular flexibility index (Phi) is 6.79. The number of amides is 1. The van der Waals surface area contributed by atoms with Crippen LogP contribution < -0.4 is 4.74 Å². The number of rotatable bonds is 7. The zero-order valence-corrected chi connectivity index (χ0v) is 17.8. The topological polar surface area (TPSA) is 54.9 Å². The van der Waals surface area contributed by atoms with Crippen molar-refractivity contribution in [2.24, 2.45) is 0 Å². The van der Waals surface area contributed by atoms with Crippen molar-refractivity contribution in [2.45, 2.75) is 38.9 Å². The molecule has 2 saturated heterocycles. The molecule has 29 heavy (non-hydrogen) atoms. The van der Waals surface area contributed by atoms with Crippen molar-refractivity contribution in [3.8, 4) is 5.75 Å². The van der Waals surface area contributed by atoms with Gasteiger partial charge < -0.3 is 14.4 Å². The fourth-order valence-corrected chi connectivity index (χ4v) is 4.50. The Hall–Kier alpha value is -1.96. The molecule has 0 aliphatic carbocycles. The third-order valence-electron chi connectivity index (χ3n) is 5.53. The largest absolute Gasteiger partial charge is 0.486 e. The number of hydrogen-bond acceptors (Lipinski definition) is 6. The molecule has 0 N–H and O–H groups in total. The van der Waals surface area contributed by atoms with Gasteiger partial charge in [-0.15, -0.1) is 11.3 Å². The van der Waals surface area contributed by atoms with Crippen LogP contribution in [-0.2, 0) is 22.6 Å². The highest BCUT2D eigenvalue weighted by molar-refractivity contribution is 7.09. The first kappa shape index (κ1) is 20.3. The first-order chi connectivity index (χ1) is 14.2. The molecule has 1 atom stereocenters. The molecular weight excluding hydrogens is 386 g/mol. The third-order valence-corrected chi connectivity index (χ3v) is 6.40. The van der Waals surface area contributed by atoms with Crippen LogP contribution in [0.25, 0.3) is 0 Å². The number of benzene rings is 1. The quantitative estimate of drug-likeness (QED) is 0.696. The minimum Gasteiger partial charge on any atom is -0.486 e. The van der Waals surface area contributed by atoms with Gasteiger partial charge in [0.15, 0.2) is 0 Å². The molecule has 2 fully saturated rings. The monoisotopic (exact) mass is 415 g/mol. The first-order valence-electron chi connectivity index (χ1n) is 10.4. The predicted molar refractivity (Wildman–Crippen MR) is 113 cm³/mol. The molecule has 0 bridgehead atoms. The molecule has 1 aromatic carbocycles. The fraction of sp³-hybridized carbons (Fsp3) is 0.545. The zero-order chi connectivity index (χ0) is 20.1. The summed E-state index contributed by atoms with van der Waals surface area (Å²) >= 11 is 1.55. The van der Waals surface area contributed by atoms with E-state index in [2.05, 4.69) is 16.8 Å². The maximum atomic E-state index is 12.7. The van der Waals surface area contributed by atoms with Gasteiger partial charge in [0.05, 0.1) is 18.2 Å². The Bertz CT molecular complexity index is 794. The summed E-state index contributed by atoms with van der Waals surface area (Å²) in [6, 6.07) is 7.99. The molecular formula is C22H29N3O3S. The van der Waals surface area contributed by atoms with E-state index in [0.717, 1.165) is 55.8 Å². The molecule has 0 saturated carbocycles. The maximum absolute atomic E-state index is 12.7. The molecule has 0 spiro atoms. The van der Waals surface area contributed by atoms with Crippen LogP contribution in [-0.4, -0.2) is 66.1 Å². The van der Waals surface area contributed by atoms with Crippen molar-refractivity contribution < 1.29 is 14.3 Å². The van der Waals surface area contributed by atoms with Crippen molar-refractivity contribution >= 4 is 17.2 Å². The molecule has 156 valence electrons. The van der Waals surface area contributed by atoms with Gasteiger partial charge in [-0.25, -0.2) is 4.98 Å². The normalized spacial score (nSPS) is 20.2. The second-order valence-corrected chi connectivity index (χ2v) is 8.77. The van der Waals surface area contributed by atoms with Crippen LogP contribution in [0.15, 0.2) is 29.6 Å². The Labute approximate surface area is 176 Å². The third kappa shape index (κ3) is 5.78. The molecule has 1 unspecified atom stereocenters. The zero-order valence-electron chi connectivity index (χ0n) is 17.0. The van der Waals surface area contributed by atoms with Crippen LogP contribution in [0.4, 0.5) is 0 Å². The number of carbonyl (C=O) groups excluding carboxylic acids is 1. The molecule has 1 aromatic heterocycles. The number of thiazole rings is 1. The molecule has 3 heterocycles. The van der Waals surface area contributed by atoms with E-state index in [-0.39, 0.29) is 5.91 Å². The maximum Gasteiger partial charge on any atom is 0.228 e. The lowest BCUT2D eigenvalue weighted by atomic mass is 10.2. The van der Waals surface area contributed by atoms with Gasteiger partial charge in [-0.05, 0) is 31.9 Å². The number of carbonyl (C=O) groups is 1. The van der Waals surface area contributed by atoms with Gasteiger partial charge in [-0.3, -0.25) is 9.69 Å². The molecule has 2 aliphatic rings. The first-order valence-corrected chi connectivity index (χ1v) is 11.3. The average molecular weight is 416 g/mol. The molecule has 2 aromatic rings. The van der Waals surface area contributed by atoms with Gasteiger partial charge in [-0.1, -0.05) is 17.7 Å². The fourth-order valence-electron chi connectivity index (χ4n) is 3.80. The standard InChI is InChI=1S/C22H29N3O3S/c1-17-4-6-19(7-5-17)28-15-21-23-18(16-29-21)13-22(26)25-10-8-24(9-11-25)14-20-3-2-12-27-20/h4-7,16,20H,2-3,8-15H2,1H3. The van der Waals surface area contributed by atoms with E-state index in [0.29, 0.717) is 19.1 Å². The van der Waals surface area contributed by atoms with Gasteiger partial charge >= 0.3 is 0 Å². The summed E-state index contributed by atoms with van der Waals surface area (Å²) in [6.45, 7) is 7.82. The number of aromatic nitrogens is 1. The van der Waals surface area contributed by atoms with Crippen LogP contribution in [0.1, 0.15) is 29.1 Å². The van der Waals surface area contributed by atoms with Gasteiger partial charge in [0, 0.05) is 44.7 Å². The molecule has 6 nitrogen and oxygen atoms in total. The van der Waals surface area contributed by atoms with Crippen LogP contribution in [0.2, 0.25) is 0 Å². The highest BCUT2D eigenvalue weighted by atomic mass is 32.1. The minimum absolute atomic E-state index is 0.165. The van der Waals surface area contributed by atoms with E-state index in [1.165, 1.54) is 18.4 Å². The summed E-state index contributed by atoms with van der Waals surface area (Å²) in [6.07, 6.45) is 3.09. The molecule has 7 heteroatoms. The number of aryl methyl sites for hydroxylation is 1. The lowest BCUT2D eigenvalue weighted by Gasteiger charge is -2.35. The van der Waals surface area contributed by atoms with Crippen LogP contribution >= 0.6 is 11.3 Å². The minimum atomic E-state index is 0.165. The SMILES string of the molecule is Cc1ccc(OCc2nc(CC(=O)N3CCN(CC4CCCO4)CC3)cs2)cc1. The summed E-state index contributed by atoms with van der Waals surface area (Å²) < 4.78 is 11.5. The predicted octanol–water partition coefficient (Wildman–Crippen LogP) is 2.90. The number of hydrogen-bond donors (Lipinski definition) is 0. The summed E-state index contributed by atoms with van der Waals surface area (Å²) in [7, 11) is 0. The Balaban J connectivity index is 1.20. The lowest BCUT2D eigenvalue weighted by molar-refractivity contribution is -0.132. The van der Waals surface area contributed by atoms with Crippen molar-refractivity contribution in [3.05, 3.63) is 45.9 Å². The van der Waals surface area contributed by atoms with Gasteiger partial charge in [-0.2, -0.15) is 0 Å². The average Bonchev–Trinajstić information content (AvgIpc) is 3.40. The van der Waals surface area contributed by atoms with Crippen LogP contribution in [0.5, 0.6) is 5.75 Å². The summed E-state index contributed by atoms with van der Waals surface area (Å²) in [4.78, 5) is 21.6. The highest BCUT2D eigenvalue weighted by Gasteiger charge is 2.25. The van der Waals surface area contributed by atoms with Crippen LogP contribution in [0.3, 0.4) is 0 Å². The Morgan fingerprint density at radius 1 is 1.24 bits per heavy atom. The molecule has 1 amide bonds. The van der Waals surface area contributed by atoms with E-state index in [4.69, 9.17) is 9.47 Å². The number of ether oxygens (including phenoxy) is 2. The summed E-state index contributed by atoms with van der Waals surface area (Å²) in [5.41, 5.74) is 2.05. The lowest BCUT2D eigenvalue weighted by Crippen LogP contribution is -2.50. The second-order valence-electron chi connectivity index (χ2n) is 7.83. The van der Waals surface area contributed by atoms with Crippen molar-refractivity contribution in [3.63, 3.8) is 0 Å². The van der Waals surface area contributed by atoms with Crippen LogP contribution in [0, 0.1) is 6.92 Å². The molecule has 4 rings (SSSR count). The van der Waals surface area contributed by atoms with Crippen molar-refractivity contribution in [2.75, 3.05) is 39.3 Å². The van der Waals surface area contributed by atoms with E-state index >= 15 is 0 Å². The van der Waals surface area contributed by atoms with E-state index in [1.807, 2.05) is 34.5 Å². The summed E-state index contributed by atoms with van der Waals surface area (Å²) in [5.74, 6) is 1.00. The van der Waals surface area contributed by atoms with Gasteiger partial charge in [0.1, 0.15) is 17.4 Å². The Morgan fingerprint density at radius 3 is 2.76 bits per heavy atom. The molecule has 0 radical (unpaired) electrons. The van der Waals surface area contributed by atoms with E-state index < -0.39 is 0 Å². The van der Waals surface area contributed by atoms with Gasteiger partial charge in [0.25, 0.3) is 0 Å². The Morgan fingerprint density at radius 2 is 2.03 bits per heavy atom. The number of nitrogens with zero attached hydrogens (tertiary/aromatic N) is 3. The second kappa shape index (κ2) is 9.69. The van der Waals surface area contributed by atoms with E-state index in [9.17, 15) is 4.79 Å². The van der Waals surface area contributed by atoms with Crippen molar-refractivity contribution in [1.82, 2.24) is 14.8 Å².